The number of phenols is 2. The molecule has 6 aromatic carbocycles. The van der Waals surface area contributed by atoms with E-state index in [0.29, 0.717) is 0 Å². The summed E-state index contributed by atoms with van der Waals surface area (Å²) in [4.78, 5) is 20.9. The van der Waals surface area contributed by atoms with Gasteiger partial charge in [-0.05, 0) is 73.5 Å². The Hall–Kier alpha value is -5.17. The van der Waals surface area contributed by atoms with E-state index in [2.05, 4.69) is 20.5 Å². The Morgan fingerprint density at radius 3 is 1.22 bits per heavy atom. The average molecular weight is 912 g/mol. The topological polar surface area (TPSA) is 285 Å². The van der Waals surface area contributed by atoms with Crippen molar-refractivity contribution in [3.63, 3.8) is 0 Å². The molecular weight excluding hydrogens is 886 g/mol. The zero-order valence-corrected chi connectivity index (χ0v) is 34.6. The Morgan fingerprint density at radius 1 is 0.527 bits per heavy atom. The van der Waals surface area contributed by atoms with Crippen LogP contribution in [0.5, 0.6) is 11.5 Å². The molecule has 0 aliphatic heterocycles. The largest absolute Gasteiger partial charge is 2.00 e. The van der Waals surface area contributed by atoms with Crippen molar-refractivity contribution in [2.75, 3.05) is 0 Å². The summed E-state index contributed by atoms with van der Waals surface area (Å²) >= 11 is 0. The average Bonchev–Trinajstić information content (AvgIpc) is 3.09. The van der Waals surface area contributed by atoms with E-state index in [0.717, 1.165) is 23.3 Å². The van der Waals surface area contributed by atoms with Gasteiger partial charge in [-0.2, -0.15) is 0 Å². The summed E-state index contributed by atoms with van der Waals surface area (Å²) in [5, 5.41) is 54.7. The monoisotopic (exact) mass is 912 g/mol. The van der Waals surface area contributed by atoms with Crippen LogP contribution < -0.4 is 0 Å². The summed E-state index contributed by atoms with van der Waals surface area (Å²) in [6, 6.07) is 21.8. The van der Waals surface area contributed by atoms with Crippen molar-refractivity contribution >= 4 is 125 Å². The maximum absolute atomic E-state index is 11.4. The predicted molar refractivity (Wildman–Crippen MR) is 194 cm³/mol. The van der Waals surface area contributed by atoms with E-state index in [4.69, 9.17) is 0 Å². The maximum atomic E-state index is 11.4. The van der Waals surface area contributed by atoms with Crippen molar-refractivity contribution in [3.8, 4) is 11.5 Å². The van der Waals surface area contributed by atoms with Crippen LogP contribution in [0.25, 0.3) is 21.5 Å². The molecule has 0 atom stereocenters. The van der Waals surface area contributed by atoms with E-state index >= 15 is 0 Å². The van der Waals surface area contributed by atoms with Crippen molar-refractivity contribution < 1.29 is 56.4 Å². The number of hydrogen-bond acceptors (Lipinski definition) is 14. The van der Waals surface area contributed by atoms with E-state index in [1.165, 1.54) is 72.8 Å². The molecule has 0 aliphatic carbocycles. The molecule has 6 rings (SSSR count). The first-order valence-electron chi connectivity index (χ1n) is 15.1. The number of rotatable bonds is 8. The van der Waals surface area contributed by atoms with Crippen molar-refractivity contribution in [3.05, 3.63) is 118 Å². The van der Waals surface area contributed by atoms with Gasteiger partial charge in [-0.15, -0.1) is 20.5 Å². The Bertz CT molecular complexity index is 2610. The maximum Gasteiger partial charge on any atom is 2.00 e. The third kappa shape index (κ3) is 9.75. The number of aryl methyl sites for hydroxylation is 2. The van der Waals surface area contributed by atoms with Crippen LogP contribution in [0.4, 0.5) is 34.1 Å². The van der Waals surface area contributed by atoms with Gasteiger partial charge in [0.2, 0.25) is 0 Å². The smallest absolute Gasteiger partial charge is 0.744 e. The van der Waals surface area contributed by atoms with E-state index in [-0.39, 0.29) is 126 Å². The number of azo groups is 2. The molecule has 0 spiro atoms. The summed E-state index contributed by atoms with van der Waals surface area (Å²) in [6.07, 6.45) is 0. The minimum absolute atomic E-state index is 0. The fourth-order valence-corrected chi connectivity index (χ4v) is 6.59. The molecular formula is C34H26BaN6O12S2+2. The van der Waals surface area contributed by atoms with Crippen LogP contribution in [-0.2, 0) is 20.2 Å². The van der Waals surface area contributed by atoms with E-state index in [1.807, 2.05) is 0 Å². The standard InChI is InChI=1S/2C17H13N3O6S.Ba/c2*1-10-5-7-14(20(22)23)13(9-10)18-19-17-12-3-2-4-16(27(24,25)26)11(12)6-8-15(17)21;/h2*2-9H,1H3,(H2-,18,21,22,23,24,25,26);/q;;+2. The molecule has 18 nitrogen and oxygen atoms in total. The number of benzene rings is 6. The van der Waals surface area contributed by atoms with E-state index in [1.54, 1.807) is 26.0 Å². The summed E-state index contributed by atoms with van der Waals surface area (Å²) < 4.78 is 68.6. The normalized spacial score (nSPS) is 11.7. The summed E-state index contributed by atoms with van der Waals surface area (Å²) in [7, 11) is -9.47. The van der Waals surface area contributed by atoms with Crippen molar-refractivity contribution in [2.45, 2.75) is 23.6 Å². The first kappa shape index (κ1) is 42.6. The second kappa shape index (κ2) is 17.1. The van der Waals surface area contributed by atoms with Gasteiger partial charge in [0.1, 0.15) is 43.1 Å². The van der Waals surface area contributed by atoms with Crippen LogP contribution in [0, 0.1) is 23.7 Å². The molecule has 0 saturated heterocycles. The number of nitrogens with zero attached hydrogens (tertiary/aromatic N) is 6. The van der Waals surface area contributed by atoms with Gasteiger partial charge in [0.25, 0.3) is 9.85 Å². The van der Waals surface area contributed by atoms with E-state index < -0.39 is 30.0 Å². The van der Waals surface area contributed by atoms with Gasteiger partial charge < -0.3 is 19.3 Å². The Kier molecular flexibility index (Phi) is 13.2. The van der Waals surface area contributed by atoms with Gasteiger partial charge in [-0.25, -0.2) is 27.3 Å². The summed E-state index contributed by atoms with van der Waals surface area (Å²) in [5.41, 5.74) is 1.08. The fraction of sp³-hybridized carbons (Fsp3) is 0.0588. The molecule has 4 N–H and O–H groups in total. The first-order valence-corrected chi connectivity index (χ1v) is 18.0. The molecule has 0 unspecified atom stereocenters. The minimum atomic E-state index is -4.73. The third-order valence-electron chi connectivity index (χ3n) is 7.67. The molecule has 0 fully saturated rings. The summed E-state index contributed by atoms with van der Waals surface area (Å²) in [5.74, 6) is -0.604. The minimum Gasteiger partial charge on any atom is -0.744 e. The fourth-order valence-electron chi connectivity index (χ4n) is 5.21. The SMILES string of the molecule is Cc1ccc([N+](=O)O)c(N=Nc2c(O)ccc3c(S(=O)(=O)[O-])cccc23)c1.Cc1ccc([N+](=O)O)c(N=Nc2c(O)ccc3c(S(=O)(=O)[O-])cccc23)c1.[Ba+2]. The van der Waals surface area contributed by atoms with Crippen LogP contribution >= 0.6 is 0 Å². The first-order chi connectivity index (χ1) is 25.4. The number of fused-ring (bicyclic) bond motifs is 2. The summed E-state index contributed by atoms with van der Waals surface area (Å²) in [6.45, 7) is 3.49. The predicted octanol–water partition coefficient (Wildman–Crippen LogP) is 7.57. The molecule has 0 heterocycles. The molecule has 0 aliphatic rings. The van der Waals surface area contributed by atoms with Crippen LogP contribution in [0.1, 0.15) is 11.1 Å². The number of hydrogen-bond donors (Lipinski definition) is 4. The zero-order valence-electron chi connectivity index (χ0n) is 28.5. The Labute approximate surface area is 351 Å². The molecule has 55 heavy (non-hydrogen) atoms. The Morgan fingerprint density at radius 2 is 0.891 bits per heavy atom. The molecule has 6 aromatic rings. The van der Waals surface area contributed by atoms with Crippen LogP contribution in [0.15, 0.2) is 127 Å². The number of aromatic hydroxyl groups is 2. The van der Waals surface area contributed by atoms with E-state index in [9.17, 15) is 56.4 Å². The molecule has 0 radical (unpaired) electrons. The zero-order chi connectivity index (χ0) is 39.5. The van der Waals surface area contributed by atoms with Gasteiger partial charge in [0, 0.05) is 33.7 Å². The molecule has 0 saturated carbocycles. The molecule has 0 aromatic heterocycles. The van der Waals surface area contributed by atoms with Gasteiger partial charge >= 0.3 is 60.3 Å². The molecule has 276 valence electrons. The second-order valence-electron chi connectivity index (χ2n) is 11.4. The van der Waals surface area contributed by atoms with Crippen molar-refractivity contribution in [1.82, 2.24) is 0 Å². The quantitative estimate of drug-likeness (QED) is 0.0498. The third-order valence-corrected chi connectivity index (χ3v) is 9.46. The van der Waals surface area contributed by atoms with Gasteiger partial charge in [-0.1, -0.05) is 36.4 Å². The van der Waals surface area contributed by atoms with Gasteiger partial charge in [0.15, 0.2) is 11.4 Å². The second-order valence-corrected chi connectivity index (χ2v) is 14.1. The van der Waals surface area contributed by atoms with Crippen LogP contribution in [0.2, 0.25) is 0 Å². The van der Waals surface area contributed by atoms with Gasteiger partial charge in [0.05, 0.1) is 19.6 Å². The Balaban J connectivity index is 0.000000240. The van der Waals surface area contributed by atoms with Crippen molar-refractivity contribution in [1.29, 1.82) is 0 Å². The van der Waals surface area contributed by atoms with Crippen molar-refractivity contribution in [2.24, 2.45) is 20.5 Å². The molecule has 21 heteroatoms. The van der Waals surface area contributed by atoms with Gasteiger partial charge in [-0.3, -0.25) is 0 Å². The number of phenolic OH excluding ortho intramolecular Hbond substituents is 2. The van der Waals surface area contributed by atoms with Crippen LogP contribution in [0.3, 0.4) is 0 Å². The molecule has 0 amide bonds. The van der Waals surface area contributed by atoms with Crippen LogP contribution in [-0.4, -0.2) is 105 Å². The molecule has 0 bridgehead atoms.